The Balaban J connectivity index is 0.000000218. The second-order valence-electron chi connectivity index (χ2n) is 12.2. The maximum Gasteiger partial charge on any atom is 0.0477 e. The van der Waals surface area contributed by atoms with Gasteiger partial charge in [0.1, 0.15) is 0 Å². The van der Waals surface area contributed by atoms with E-state index in [2.05, 4.69) is 172 Å². The van der Waals surface area contributed by atoms with E-state index >= 15 is 0 Å². The molecule has 0 saturated heterocycles. The zero-order valence-electron chi connectivity index (χ0n) is 29.3. The van der Waals surface area contributed by atoms with Crippen LogP contribution in [-0.4, -0.2) is 10.2 Å². The van der Waals surface area contributed by atoms with Crippen molar-refractivity contribution in [1.29, 1.82) is 0 Å². The molecule has 0 heterocycles. The molecule has 1 radical (unpaired) electrons. The van der Waals surface area contributed by atoms with E-state index in [4.69, 9.17) is 0 Å². The molecule has 0 N–H and O–H groups in total. The average Bonchev–Trinajstić information content (AvgIpc) is 3.69. The fourth-order valence-electron chi connectivity index (χ4n) is 6.64. The molecular formula is C47H42Cl2HfSi-3. The van der Waals surface area contributed by atoms with Gasteiger partial charge in [0, 0.05) is 36.1 Å². The van der Waals surface area contributed by atoms with E-state index in [1.165, 1.54) is 81.7 Å². The van der Waals surface area contributed by atoms with Crippen LogP contribution in [-0.2, 0) is 25.8 Å². The van der Waals surface area contributed by atoms with Crippen molar-refractivity contribution < 1.29 is 25.8 Å². The summed E-state index contributed by atoms with van der Waals surface area (Å²) >= 11 is 0. The SMILES string of the molecule is Cc1cc2c(-c3cccc4ccccc34)cccc2[cH-]1.Cc1cc2c(-c3cccc4ccccc34)cccc2[cH-]1.Cl.Cl.[CH3-].[Hf].[SiH2]c1ccccc1. The molecule has 9 aromatic rings. The molecule has 0 saturated carbocycles. The average molecular weight is 884 g/mol. The molecule has 0 aliphatic heterocycles. The van der Waals surface area contributed by atoms with Crippen molar-refractivity contribution in [2.24, 2.45) is 0 Å². The molecule has 0 nitrogen and oxygen atoms in total. The van der Waals surface area contributed by atoms with Gasteiger partial charge in [-0.2, -0.15) is 12.1 Å². The minimum atomic E-state index is 0. The van der Waals surface area contributed by atoms with Crippen LogP contribution in [0.3, 0.4) is 0 Å². The number of hydrogen-bond acceptors (Lipinski definition) is 0. The number of fused-ring (bicyclic) bond motifs is 4. The molecule has 51 heavy (non-hydrogen) atoms. The van der Waals surface area contributed by atoms with Crippen molar-refractivity contribution in [2.45, 2.75) is 13.8 Å². The number of aryl methyl sites for hydroxylation is 2. The van der Waals surface area contributed by atoms with Gasteiger partial charge in [0.05, 0.1) is 0 Å². The Bertz CT molecular complexity index is 2290. The number of halogens is 2. The molecule has 0 aromatic heterocycles. The minimum Gasteiger partial charge on any atom is -0.358 e. The van der Waals surface area contributed by atoms with Crippen molar-refractivity contribution in [1.82, 2.24) is 0 Å². The van der Waals surface area contributed by atoms with Crippen molar-refractivity contribution in [2.75, 3.05) is 0 Å². The van der Waals surface area contributed by atoms with Gasteiger partial charge < -0.3 is 7.43 Å². The maximum absolute atomic E-state index is 2.28. The summed E-state index contributed by atoms with van der Waals surface area (Å²) in [5, 5.41) is 11.9. The third kappa shape index (κ3) is 9.25. The first-order chi connectivity index (χ1) is 23.0. The smallest absolute Gasteiger partial charge is 0.0477 e. The Morgan fingerprint density at radius 1 is 0.392 bits per heavy atom. The Labute approximate surface area is 337 Å². The second kappa shape index (κ2) is 19.0. The van der Waals surface area contributed by atoms with E-state index in [-0.39, 0.29) is 58.1 Å². The normalized spacial score (nSPS) is 10.0. The molecule has 0 fully saturated rings. The number of hydrogen-bond donors (Lipinski definition) is 0. The molecular weight excluding hydrogens is 842 g/mol. The standard InChI is InChI=1S/2C20H15.C6H7Si.CH3.2ClH.Hf/c2*1-14-12-16-8-5-11-19(20(16)13-14)18-10-4-7-15-6-2-3-9-17(15)18;7-6-4-2-1-3-5-6;;;;/h2*2-13H,1H3;1-5H,7H2;1H3;2*1H;/q2*-1;;-1;;;. The van der Waals surface area contributed by atoms with Crippen LogP contribution in [0, 0.1) is 21.3 Å². The topological polar surface area (TPSA) is 0 Å². The first-order valence-corrected chi connectivity index (χ1v) is 16.9. The fraction of sp³-hybridized carbons (Fsp3) is 0.0426. The molecule has 255 valence electrons. The summed E-state index contributed by atoms with van der Waals surface area (Å²) in [7, 11) is 1.90. The largest absolute Gasteiger partial charge is 0.358 e. The summed E-state index contributed by atoms with van der Waals surface area (Å²) in [5.74, 6) is 0. The molecule has 9 rings (SSSR count). The summed E-state index contributed by atoms with van der Waals surface area (Å²) in [6, 6.07) is 62.8. The summed E-state index contributed by atoms with van der Waals surface area (Å²) < 4.78 is 0. The van der Waals surface area contributed by atoms with Crippen LogP contribution in [0.25, 0.3) is 65.3 Å². The number of benzene rings is 7. The molecule has 0 aliphatic carbocycles. The third-order valence-corrected chi connectivity index (χ3v) is 9.26. The summed E-state index contributed by atoms with van der Waals surface area (Å²) in [6.07, 6.45) is 0. The maximum atomic E-state index is 2.28. The van der Waals surface area contributed by atoms with E-state index in [1.54, 1.807) is 0 Å². The van der Waals surface area contributed by atoms with E-state index in [1.807, 2.05) is 28.4 Å². The van der Waals surface area contributed by atoms with Gasteiger partial charge in [0.25, 0.3) is 0 Å². The van der Waals surface area contributed by atoms with Crippen LogP contribution in [0.5, 0.6) is 0 Å². The zero-order valence-corrected chi connectivity index (χ0v) is 35.9. The predicted octanol–water partition coefficient (Wildman–Crippen LogP) is 12.6. The van der Waals surface area contributed by atoms with E-state index in [9.17, 15) is 0 Å². The Kier molecular flexibility index (Phi) is 15.4. The van der Waals surface area contributed by atoms with Crippen molar-refractivity contribution >= 4 is 83.3 Å². The van der Waals surface area contributed by atoms with Gasteiger partial charge in [0.15, 0.2) is 0 Å². The minimum absolute atomic E-state index is 0. The van der Waals surface area contributed by atoms with Gasteiger partial charge in [0.2, 0.25) is 0 Å². The molecule has 4 heteroatoms. The van der Waals surface area contributed by atoms with Crippen LogP contribution < -0.4 is 5.19 Å². The molecule has 0 amide bonds. The molecule has 0 aliphatic rings. The third-order valence-electron chi connectivity index (χ3n) is 8.79. The molecule has 0 bridgehead atoms. The molecule has 0 spiro atoms. The van der Waals surface area contributed by atoms with Gasteiger partial charge in [-0.3, -0.25) is 0 Å². The quantitative estimate of drug-likeness (QED) is 0.120. The van der Waals surface area contributed by atoms with Crippen molar-refractivity contribution in [3.8, 4) is 22.3 Å². The van der Waals surface area contributed by atoms with Crippen LogP contribution in [0.4, 0.5) is 0 Å². The first-order valence-electron chi connectivity index (χ1n) is 16.2. The van der Waals surface area contributed by atoms with Gasteiger partial charge >= 0.3 is 0 Å². The molecule has 0 unspecified atom stereocenters. The zero-order chi connectivity index (χ0) is 32.2. The van der Waals surface area contributed by atoms with Crippen LogP contribution >= 0.6 is 24.8 Å². The summed E-state index contributed by atoms with van der Waals surface area (Å²) in [5.41, 5.74) is 7.94. The fourth-order valence-corrected chi connectivity index (χ4v) is 6.91. The predicted molar refractivity (Wildman–Crippen MR) is 230 cm³/mol. The summed E-state index contributed by atoms with van der Waals surface area (Å²) in [4.78, 5) is 0. The van der Waals surface area contributed by atoms with Crippen LogP contribution in [0.2, 0.25) is 0 Å². The van der Waals surface area contributed by atoms with Gasteiger partial charge in [-0.25, -0.2) is 0 Å². The van der Waals surface area contributed by atoms with Crippen molar-refractivity contribution in [3.05, 3.63) is 194 Å². The Morgan fingerprint density at radius 3 is 1.12 bits per heavy atom. The van der Waals surface area contributed by atoms with Crippen LogP contribution in [0.15, 0.2) is 176 Å². The molecule has 9 aromatic carbocycles. The van der Waals surface area contributed by atoms with E-state index in [0.29, 0.717) is 0 Å². The summed E-state index contributed by atoms with van der Waals surface area (Å²) in [6.45, 7) is 4.32. The number of rotatable bonds is 2. The van der Waals surface area contributed by atoms with Gasteiger partial charge in [-0.15, -0.1) is 93.9 Å². The Morgan fingerprint density at radius 2 is 0.725 bits per heavy atom. The van der Waals surface area contributed by atoms with E-state index in [0.717, 1.165) is 0 Å². The van der Waals surface area contributed by atoms with Gasteiger partial charge in [-0.1, -0.05) is 158 Å². The second-order valence-corrected chi connectivity index (χ2v) is 13.0. The monoisotopic (exact) mass is 884 g/mol. The van der Waals surface area contributed by atoms with Gasteiger partial charge in [-0.05, 0) is 32.7 Å². The van der Waals surface area contributed by atoms with Crippen molar-refractivity contribution in [3.63, 3.8) is 0 Å². The van der Waals surface area contributed by atoms with E-state index < -0.39 is 0 Å². The van der Waals surface area contributed by atoms with Crippen LogP contribution in [0.1, 0.15) is 11.1 Å². The Hall–Kier alpha value is -4.05. The molecule has 0 atom stereocenters. The first kappa shape index (κ1) is 41.4.